The van der Waals surface area contributed by atoms with Gasteiger partial charge in [-0.3, -0.25) is 4.79 Å². The first kappa shape index (κ1) is 19.1. The zero-order valence-corrected chi connectivity index (χ0v) is 15.0. The highest BCUT2D eigenvalue weighted by molar-refractivity contribution is 5.98. The first-order valence-electron chi connectivity index (χ1n) is 8.23. The molecule has 1 amide bonds. The number of hydrogen-bond donors (Lipinski definition) is 2. The van der Waals surface area contributed by atoms with Gasteiger partial charge in [0.1, 0.15) is 5.75 Å². The smallest absolute Gasteiger partial charge is 0.321 e. The van der Waals surface area contributed by atoms with Crippen LogP contribution in [0.3, 0.4) is 0 Å². The van der Waals surface area contributed by atoms with Crippen molar-refractivity contribution in [1.82, 2.24) is 9.97 Å². The van der Waals surface area contributed by atoms with Crippen molar-refractivity contribution in [2.75, 3.05) is 5.32 Å². The second kappa shape index (κ2) is 8.27. The van der Waals surface area contributed by atoms with E-state index in [9.17, 15) is 4.79 Å². The van der Waals surface area contributed by atoms with E-state index in [1.807, 2.05) is 19.1 Å². The third-order valence-corrected chi connectivity index (χ3v) is 4.40. The zero-order chi connectivity index (χ0) is 17.0. The highest BCUT2D eigenvalue weighted by Gasteiger charge is 2.35. The van der Waals surface area contributed by atoms with E-state index in [-0.39, 0.29) is 24.3 Å². The number of carbonyl (C=O) groups excluding carboxylic acids is 1. The molecule has 1 fully saturated rings. The molecule has 3 N–H and O–H groups in total. The topological polar surface area (TPSA) is 90.1 Å². The molecule has 0 atom stereocenters. The van der Waals surface area contributed by atoms with Crippen LogP contribution in [0.4, 0.5) is 5.69 Å². The van der Waals surface area contributed by atoms with Crippen molar-refractivity contribution >= 4 is 24.0 Å². The fourth-order valence-electron chi connectivity index (χ4n) is 2.94. The fraction of sp³-hybridized carbons (Fsp3) is 0.389. The molecule has 3 rings (SSSR count). The molecule has 0 saturated heterocycles. The number of aryl methyl sites for hydroxylation is 1. The van der Waals surface area contributed by atoms with Gasteiger partial charge >= 0.3 is 6.01 Å². The average molecular weight is 363 g/mol. The molecule has 0 radical (unpaired) electrons. The number of nitrogens with zero attached hydrogens (tertiary/aromatic N) is 2. The Morgan fingerprint density at radius 2 is 1.88 bits per heavy atom. The number of anilines is 1. The third kappa shape index (κ3) is 4.67. The molecule has 134 valence electrons. The van der Waals surface area contributed by atoms with Crippen molar-refractivity contribution in [1.29, 1.82) is 0 Å². The summed E-state index contributed by atoms with van der Waals surface area (Å²) >= 11 is 0. The standard InChI is InChI=1S/C18H22N4O2.ClH/c1-13-12-14(24-17-20-10-5-11-21-17)6-7-15(13)22-16(23)18(19)8-3-2-4-9-18;/h5-7,10-12H,2-4,8-9,19H2,1H3,(H,22,23);1H. The third-order valence-electron chi connectivity index (χ3n) is 4.40. The Kier molecular flexibility index (Phi) is 6.33. The second-order valence-electron chi connectivity index (χ2n) is 6.28. The highest BCUT2D eigenvalue weighted by atomic mass is 35.5. The number of nitrogens with two attached hydrogens (primary N) is 1. The van der Waals surface area contributed by atoms with Crippen LogP contribution >= 0.6 is 12.4 Å². The van der Waals surface area contributed by atoms with Crippen LogP contribution in [0.25, 0.3) is 0 Å². The Labute approximate surface area is 153 Å². The van der Waals surface area contributed by atoms with Crippen LogP contribution in [0.15, 0.2) is 36.7 Å². The summed E-state index contributed by atoms with van der Waals surface area (Å²) in [6.07, 6.45) is 7.89. The van der Waals surface area contributed by atoms with Crippen molar-refractivity contribution in [3.8, 4) is 11.8 Å². The Hall–Kier alpha value is -2.18. The molecule has 1 aliphatic carbocycles. The van der Waals surface area contributed by atoms with Gasteiger partial charge in [-0.15, -0.1) is 12.4 Å². The second-order valence-corrected chi connectivity index (χ2v) is 6.28. The number of carbonyl (C=O) groups is 1. The number of ether oxygens (including phenoxy) is 1. The molecule has 2 aromatic rings. The lowest BCUT2D eigenvalue weighted by Crippen LogP contribution is -2.52. The highest BCUT2D eigenvalue weighted by Crippen LogP contribution is 2.29. The Morgan fingerprint density at radius 3 is 2.52 bits per heavy atom. The summed E-state index contributed by atoms with van der Waals surface area (Å²) in [5.74, 6) is 0.516. The number of nitrogens with one attached hydrogen (secondary N) is 1. The minimum absolute atomic E-state index is 0. The van der Waals surface area contributed by atoms with E-state index in [0.717, 1.165) is 43.4 Å². The van der Waals surface area contributed by atoms with Crippen molar-refractivity contribution in [3.05, 3.63) is 42.2 Å². The maximum Gasteiger partial charge on any atom is 0.321 e. The summed E-state index contributed by atoms with van der Waals surface area (Å²) < 4.78 is 5.60. The summed E-state index contributed by atoms with van der Waals surface area (Å²) in [6, 6.07) is 7.46. The minimum atomic E-state index is -0.752. The molecule has 1 aromatic carbocycles. The van der Waals surface area contributed by atoms with Crippen LogP contribution in [0.1, 0.15) is 37.7 Å². The van der Waals surface area contributed by atoms with Crippen molar-refractivity contribution in [2.45, 2.75) is 44.6 Å². The van der Waals surface area contributed by atoms with Gasteiger partial charge in [-0.2, -0.15) is 0 Å². The van der Waals surface area contributed by atoms with Crippen molar-refractivity contribution in [3.63, 3.8) is 0 Å². The molecule has 1 heterocycles. The predicted octanol–water partition coefficient (Wildman–Crippen LogP) is 3.60. The molecule has 1 aliphatic rings. The summed E-state index contributed by atoms with van der Waals surface area (Å²) in [5, 5.41) is 2.96. The normalized spacial score (nSPS) is 15.8. The van der Waals surface area contributed by atoms with Gasteiger partial charge in [0.05, 0.1) is 5.54 Å². The van der Waals surface area contributed by atoms with E-state index in [1.54, 1.807) is 24.5 Å². The molecule has 1 saturated carbocycles. The number of rotatable bonds is 4. The summed E-state index contributed by atoms with van der Waals surface area (Å²) in [6.45, 7) is 1.92. The van der Waals surface area contributed by atoms with E-state index < -0.39 is 5.54 Å². The Balaban J connectivity index is 0.00000225. The van der Waals surface area contributed by atoms with Gasteiger partial charge in [0.15, 0.2) is 0 Å². The lowest BCUT2D eigenvalue weighted by molar-refractivity contribution is -0.122. The Bertz CT molecular complexity index is 718. The molecular weight excluding hydrogens is 340 g/mol. The summed E-state index contributed by atoms with van der Waals surface area (Å²) in [7, 11) is 0. The van der Waals surface area contributed by atoms with Gasteiger partial charge in [0, 0.05) is 18.1 Å². The molecule has 0 aliphatic heterocycles. The number of benzene rings is 1. The van der Waals surface area contributed by atoms with E-state index in [1.165, 1.54) is 0 Å². The Morgan fingerprint density at radius 1 is 1.20 bits per heavy atom. The maximum atomic E-state index is 12.5. The molecule has 6 nitrogen and oxygen atoms in total. The molecular formula is C18H23ClN4O2. The number of amides is 1. The minimum Gasteiger partial charge on any atom is -0.424 e. The monoisotopic (exact) mass is 362 g/mol. The first-order valence-corrected chi connectivity index (χ1v) is 8.23. The summed E-state index contributed by atoms with van der Waals surface area (Å²) in [5.41, 5.74) is 7.17. The van der Waals surface area contributed by atoms with Crippen LogP contribution in [0, 0.1) is 6.92 Å². The number of hydrogen-bond acceptors (Lipinski definition) is 5. The van der Waals surface area contributed by atoms with Crippen molar-refractivity contribution < 1.29 is 9.53 Å². The van der Waals surface area contributed by atoms with Gasteiger partial charge in [-0.05, 0) is 49.6 Å². The van der Waals surface area contributed by atoms with E-state index in [2.05, 4.69) is 15.3 Å². The van der Waals surface area contributed by atoms with E-state index in [0.29, 0.717) is 5.75 Å². The molecule has 7 heteroatoms. The van der Waals surface area contributed by atoms with Gasteiger partial charge < -0.3 is 15.8 Å². The maximum absolute atomic E-state index is 12.5. The van der Waals surface area contributed by atoms with Gasteiger partial charge in [0.2, 0.25) is 5.91 Å². The average Bonchev–Trinajstić information content (AvgIpc) is 2.59. The lowest BCUT2D eigenvalue weighted by atomic mass is 9.82. The van der Waals surface area contributed by atoms with Gasteiger partial charge in [-0.25, -0.2) is 9.97 Å². The lowest BCUT2D eigenvalue weighted by Gasteiger charge is -2.32. The van der Waals surface area contributed by atoms with Crippen LogP contribution in [0.2, 0.25) is 0 Å². The molecule has 0 unspecified atom stereocenters. The van der Waals surface area contributed by atoms with Gasteiger partial charge in [0.25, 0.3) is 0 Å². The van der Waals surface area contributed by atoms with Crippen LogP contribution in [0.5, 0.6) is 11.8 Å². The number of halogens is 1. The van der Waals surface area contributed by atoms with E-state index in [4.69, 9.17) is 10.5 Å². The van der Waals surface area contributed by atoms with Crippen LogP contribution in [-0.2, 0) is 4.79 Å². The SMILES string of the molecule is Cc1cc(Oc2ncccn2)ccc1NC(=O)C1(N)CCCCC1.Cl. The quantitative estimate of drug-likeness (QED) is 0.867. The van der Waals surface area contributed by atoms with Crippen LogP contribution < -0.4 is 15.8 Å². The summed E-state index contributed by atoms with van der Waals surface area (Å²) in [4.78, 5) is 20.6. The molecule has 1 aromatic heterocycles. The molecule has 0 bridgehead atoms. The van der Waals surface area contributed by atoms with Crippen LogP contribution in [-0.4, -0.2) is 21.4 Å². The number of aromatic nitrogens is 2. The predicted molar refractivity (Wildman–Crippen MR) is 99.2 cm³/mol. The van der Waals surface area contributed by atoms with Gasteiger partial charge in [-0.1, -0.05) is 19.3 Å². The molecule has 25 heavy (non-hydrogen) atoms. The van der Waals surface area contributed by atoms with Crippen molar-refractivity contribution in [2.24, 2.45) is 5.73 Å². The molecule has 0 spiro atoms. The first-order chi connectivity index (χ1) is 11.6. The van der Waals surface area contributed by atoms with E-state index >= 15 is 0 Å². The zero-order valence-electron chi connectivity index (χ0n) is 14.2. The fourth-order valence-corrected chi connectivity index (χ4v) is 2.94. The largest absolute Gasteiger partial charge is 0.424 e.